The Balaban J connectivity index is 2.69. The van der Waals surface area contributed by atoms with Crippen LogP contribution in [-0.2, 0) is 13.6 Å². The molecule has 0 N–H and O–H groups in total. The molecule has 0 aliphatic rings. The number of benzene rings is 1. The van der Waals surface area contributed by atoms with E-state index in [-0.39, 0.29) is 12.2 Å². The van der Waals surface area contributed by atoms with Crippen LogP contribution in [0.2, 0.25) is 0 Å². The van der Waals surface area contributed by atoms with E-state index in [9.17, 15) is 4.57 Å². The lowest BCUT2D eigenvalue weighted by molar-refractivity contribution is 0.0827. The van der Waals surface area contributed by atoms with Crippen molar-refractivity contribution in [3.8, 4) is 5.75 Å². The standard InChI is InChI=1S/C20H35O4P/c1-5-7-10-14-18(3)22-25(21,23-19(4)15-11-8-6-2)24-20-16-12-9-13-17-20/h9,12-13,16-19H,5-8,10-11,14-15H2,1-4H3. The van der Waals surface area contributed by atoms with Gasteiger partial charge in [-0.25, -0.2) is 4.57 Å². The maximum atomic E-state index is 13.2. The molecule has 1 aromatic carbocycles. The van der Waals surface area contributed by atoms with Crippen LogP contribution in [0.4, 0.5) is 0 Å². The Morgan fingerprint density at radius 2 is 1.32 bits per heavy atom. The van der Waals surface area contributed by atoms with Crippen molar-refractivity contribution >= 4 is 7.82 Å². The van der Waals surface area contributed by atoms with Gasteiger partial charge < -0.3 is 4.52 Å². The first kappa shape index (κ1) is 22.2. The van der Waals surface area contributed by atoms with E-state index in [1.165, 1.54) is 0 Å². The van der Waals surface area contributed by atoms with Gasteiger partial charge in [0.05, 0.1) is 12.2 Å². The Kier molecular flexibility index (Phi) is 11.1. The lowest BCUT2D eigenvalue weighted by atomic mass is 10.1. The van der Waals surface area contributed by atoms with Crippen molar-refractivity contribution in [3.63, 3.8) is 0 Å². The van der Waals surface area contributed by atoms with Gasteiger partial charge in [0.2, 0.25) is 0 Å². The second-order valence-corrected chi connectivity index (χ2v) is 8.17. The molecule has 2 unspecified atom stereocenters. The summed E-state index contributed by atoms with van der Waals surface area (Å²) in [5.41, 5.74) is 0. The van der Waals surface area contributed by atoms with Crippen molar-refractivity contribution in [1.82, 2.24) is 0 Å². The summed E-state index contributed by atoms with van der Waals surface area (Å²) in [6, 6.07) is 9.11. The minimum absolute atomic E-state index is 0.163. The van der Waals surface area contributed by atoms with Crippen molar-refractivity contribution in [1.29, 1.82) is 0 Å². The van der Waals surface area contributed by atoms with Gasteiger partial charge in [0.15, 0.2) is 0 Å². The Morgan fingerprint density at radius 1 is 0.840 bits per heavy atom. The number of para-hydroxylation sites is 1. The van der Waals surface area contributed by atoms with E-state index in [1.54, 1.807) is 12.1 Å². The summed E-state index contributed by atoms with van der Waals surface area (Å²) >= 11 is 0. The Morgan fingerprint density at radius 3 is 1.76 bits per heavy atom. The van der Waals surface area contributed by atoms with Crippen LogP contribution < -0.4 is 4.52 Å². The lowest BCUT2D eigenvalue weighted by Crippen LogP contribution is -2.15. The molecule has 0 aliphatic heterocycles. The first-order chi connectivity index (χ1) is 12.0. The summed E-state index contributed by atoms with van der Waals surface area (Å²) < 4.78 is 30.4. The summed E-state index contributed by atoms with van der Waals surface area (Å²) in [4.78, 5) is 0. The Labute approximate surface area is 153 Å². The lowest BCUT2D eigenvalue weighted by Gasteiger charge is -2.25. The van der Waals surface area contributed by atoms with Gasteiger partial charge >= 0.3 is 7.82 Å². The zero-order valence-corrected chi connectivity index (χ0v) is 17.2. The van der Waals surface area contributed by atoms with Gasteiger partial charge in [-0.15, -0.1) is 0 Å². The monoisotopic (exact) mass is 370 g/mol. The molecule has 4 nitrogen and oxygen atoms in total. The molecule has 1 rings (SSSR count). The van der Waals surface area contributed by atoms with Gasteiger partial charge in [0, 0.05) is 0 Å². The Bertz CT molecular complexity index is 470. The summed E-state index contributed by atoms with van der Waals surface area (Å²) in [5.74, 6) is 0.507. The third-order valence-electron chi connectivity index (χ3n) is 4.01. The summed E-state index contributed by atoms with van der Waals surface area (Å²) in [6.07, 6.45) is 8.06. The van der Waals surface area contributed by atoms with E-state index in [2.05, 4.69) is 13.8 Å². The molecule has 1 aromatic rings. The molecule has 0 aliphatic carbocycles. The van der Waals surface area contributed by atoms with E-state index in [1.807, 2.05) is 32.0 Å². The van der Waals surface area contributed by atoms with E-state index < -0.39 is 7.82 Å². The van der Waals surface area contributed by atoms with Crippen molar-refractivity contribution < 1.29 is 18.1 Å². The van der Waals surface area contributed by atoms with Crippen molar-refractivity contribution in [2.75, 3.05) is 0 Å². The molecule has 2 atom stereocenters. The van der Waals surface area contributed by atoms with Gasteiger partial charge in [0.1, 0.15) is 5.75 Å². The molecule has 0 saturated carbocycles. The van der Waals surface area contributed by atoms with Gasteiger partial charge in [-0.1, -0.05) is 70.6 Å². The third-order valence-corrected chi connectivity index (χ3v) is 5.68. The highest BCUT2D eigenvalue weighted by Gasteiger charge is 2.33. The molecule has 0 aromatic heterocycles. The molecule has 0 fully saturated rings. The number of rotatable bonds is 14. The largest absolute Gasteiger partial charge is 0.530 e. The molecule has 0 bridgehead atoms. The average Bonchev–Trinajstić information content (AvgIpc) is 2.55. The highest BCUT2D eigenvalue weighted by molar-refractivity contribution is 7.49. The first-order valence-electron chi connectivity index (χ1n) is 9.70. The van der Waals surface area contributed by atoms with Crippen LogP contribution in [0.25, 0.3) is 0 Å². The topological polar surface area (TPSA) is 44.8 Å². The molecular formula is C20H35O4P. The molecule has 0 amide bonds. The van der Waals surface area contributed by atoms with E-state index in [0.717, 1.165) is 51.4 Å². The van der Waals surface area contributed by atoms with Gasteiger partial charge in [-0.2, -0.15) is 0 Å². The van der Waals surface area contributed by atoms with Crippen LogP contribution in [0, 0.1) is 0 Å². The van der Waals surface area contributed by atoms with Crippen LogP contribution in [0.15, 0.2) is 30.3 Å². The van der Waals surface area contributed by atoms with Gasteiger partial charge in [-0.3, -0.25) is 9.05 Å². The fraction of sp³-hybridized carbons (Fsp3) is 0.700. The predicted molar refractivity (Wildman–Crippen MR) is 104 cm³/mol. The van der Waals surface area contributed by atoms with E-state index in [4.69, 9.17) is 13.6 Å². The SMILES string of the molecule is CCCCCC(C)OP(=O)(Oc1ccccc1)OC(C)CCCCC. The molecule has 25 heavy (non-hydrogen) atoms. The van der Waals surface area contributed by atoms with E-state index in [0.29, 0.717) is 5.75 Å². The second-order valence-electron chi connectivity index (χ2n) is 6.68. The highest BCUT2D eigenvalue weighted by Crippen LogP contribution is 2.52. The molecule has 0 saturated heterocycles. The van der Waals surface area contributed by atoms with Crippen LogP contribution in [0.5, 0.6) is 5.75 Å². The minimum atomic E-state index is -3.65. The fourth-order valence-corrected chi connectivity index (χ4v) is 4.20. The highest BCUT2D eigenvalue weighted by atomic mass is 31.2. The first-order valence-corrected chi connectivity index (χ1v) is 11.2. The van der Waals surface area contributed by atoms with Crippen molar-refractivity contribution in [2.45, 2.75) is 91.3 Å². The van der Waals surface area contributed by atoms with Gasteiger partial charge in [-0.05, 0) is 38.8 Å². The smallest absolute Gasteiger partial charge is 0.404 e. The predicted octanol–water partition coefficient (Wildman–Crippen LogP) is 7.14. The second kappa shape index (κ2) is 12.5. The normalized spacial score (nSPS) is 16.2. The summed E-state index contributed by atoms with van der Waals surface area (Å²) in [7, 11) is -3.65. The minimum Gasteiger partial charge on any atom is -0.404 e. The third kappa shape index (κ3) is 10.0. The Hall–Kier alpha value is -0.830. The molecule has 0 radical (unpaired) electrons. The van der Waals surface area contributed by atoms with Crippen molar-refractivity contribution in [2.24, 2.45) is 0 Å². The maximum Gasteiger partial charge on any atom is 0.530 e. The zero-order chi connectivity index (χ0) is 18.5. The quantitative estimate of drug-likeness (QED) is 0.258. The average molecular weight is 370 g/mol. The summed E-state index contributed by atoms with van der Waals surface area (Å²) in [5, 5.41) is 0. The van der Waals surface area contributed by atoms with Crippen molar-refractivity contribution in [3.05, 3.63) is 30.3 Å². The number of hydrogen-bond donors (Lipinski definition) is 0. The van der Waals surface area contributed by atoms with Gasteiger partial charge in [0.25, 0.3) is 0 Å². The number of hydrogen-bond acceptors (Lipinski definition) is 4. The molecular weight excluding hydrogens is 335 g/mol. The maximum absolute atomic E-state index is 13.2. The number of phosphoric ester groups is 1. The summed E-state index contributed by atoms with van der Waals surface area (Å²) in [6.45, 7) is 8.19. The van der Waals surface area contributed by atoms with Crippen LogP contribution >= 0.6 is 7.82 Å². The number of phosphoric acid groups is 1. The fourth-order valence-electron chi connectivity index (χ4n) is 2.59. The molecule has 0 spiro atoms. The van der Waals surface area contributed by atoms with Crippen LogP contribution in [0.1, 0.15) is 79.1 Å². The molecule has 0 heterocycles. The zero-order valence-electron chi connectivity index (χ0n) is 16.3. The van der Waals surface area contributed by atoms with Crippen LogP contribution in [-0.4, -0.2) is 12.2 Å². The number of unbranched alkanes of at least 4 members (excludes halogenated alkanes) is 4. The molecule has 144 valence electrons. The molecule has 5 heteroatoms. The van der Waals surface area contributed by atoms with E-state index >= 15 is 0 Å². The van der Waals surface area contributed by atoms with Crippen LogP contribution in [0.3, 0.4) is 0 Å².